The fourth-order valence-corrected chi connectivity index (χ4v) is 2.21. The van der Waals surface area contributed by atoms with Crippen LogP contribution in [-0.2, 0) is 6.18 Å². The van der Waals surface area contributed by atoms with Gasteiger partial charge in [-0.15, -0.1) is 0 Å². The minimum atomic E-state index is -4.66. The van der Waals surface area contributed by atoms with Gasteiger partial charge in [-0.2, -0.15) is 18.2 Å². The summed E-state index contributed by atoms with van der Waals surface area (Å²) in [5.74, 6) is -1.50. The van der Waals surface area contributed by atoms with Crippen LogP contribution in [-0.4, -0.2) is 27.9 Å². The molecule has 23 heavy (non-hydrogen) atoms. The average molecular weight is 322 g/mol. The third-order valence-corrected chi connectivity index (χ3v) is 3.49. The first-order valence-electron chi connectivity index (χ1n) is 6.89. The molecule has 1 atom stereocenters. The van der Waals surface area contributed by atoms with Crippen molar-refractivity contribution in [2.75, 3.05) is 6.67 Å². The van der Waals surface area contributed by atoms with Crippen LogP contribution in [0.1, 0.15) is 30.2 Å². The highest BCUT2D eigenvalue weighted by Gasteiger charge is 2.38. The number of halogens is 3. The second-order valence-corrected chi connectivity index (χ2v) is 5.06. The van der Waals surface area contributed by atoms with Crippen molar-refractivity contribution in [1.82, 2.24) is 15.0 Å². The lowest BCUT2D eigenvalue weighted by Crippen LogP contribution is -2.24. The van der Waals surface area contributed by atoms with Gasteiger partial charge in [-0.05, 0) is 12.5 Å². The van der Waals surface area contributed by atoms with E-state index in [-0.39, 0.29) is 11.9 Å². The van der Waals surface area contributed by atoms with Crippen LogP contribution >= 0.6 is 0 Å². The topological polar surface area (TPSA) is 54.5 Å². The monoisotopic (exact) mass is 322 g/mol. The van der Waals surface area contributed by atoms with E-state index in [1.165, 1.54) is 6.21 Å². The molecule has 0 saturated heterocycles. The van der Waals surface area contributed by atoms with Crippen LogP contribution in [0.4, 0.5) is 13.2 Å². The van der Waals surface area contributed by atoms with E-state index >= 15 is 0 Å². The second kappa shape index (κ2) is 5.86. The predicted octanol–water partition coefficient (Wildman–Crippen LogP) is 3.53. The fourth-order valence-electron chi connectivity index (χ4n) is 2.21. The van der Waals surface area contributed by atoms with Crippen LogP contribution in [0.15, 0.2) is 46.0 Å². The third kappa shape index (κ3) is 3.25. The predicted molar refractivity (Wildman–Crippen MR) is 77.3 cm³/mol. The summed E-state index contributed by atoms with van der Waals surface area (Å²) < 4.78 is 41.9. The molecule has 5 nitrogen and oxygen atoms in total. The lowest BCUT2D eigenvalue weighted by molar-refractivity contribution is -0.159. The highest BCUT2D eigenvalue weighted by atomic mass is 19.4. The second-order valence-electron chi connectivity index (χ2n) is 5.06. The molecule has 0 aliphatic carbocycles. The van der Waals surface area contributed by atoms with Gasteiger partial charge in [-0.1, -0.05) is 35.5 Å². The van der Waals surface area contributed by atoms with E-state index in [9.17, 15) is 13.2 Å². The van der Waals surface area contributed by atoms with Gasteiger partial charge in [0.15, 0.2) is 0 Å². The molecular formula is C15H13F3N4O. The van der Waals surface area contributed by atoms with Gasteiger partial charge in [0.05, 0.1) is 11.6 Å². The van der Waals surface area contributed by atoms with Crippen molar-refractivity contribution in [1.29, 1.82) is 0 Å². The summed E-state index contributed by atoms with van der Waals surface area (Å²) in [5, 5.41) is 3.38. The number of hydrogen-bond donors (Lipinski definition) is 0. The molecule has 1 aromatic heterocycles. The third-order valence-electron chi connectivity index (χ3n) is 3.49. The molecule has 1 aliphatic heterocycles. The van der Waals surface area contributed by atoms with Crippen molar-refractivity contribution in [2.24, 2.45) is 4.99 Å². The Morgan fingerprint density at radius 2 is 1.96 bits per heavy atom. The van der Waals surface area contributed by atoms with Crippen molar-refractivity contribution >= 4 is 11.8 Å². The van der Waals surface area contributed by atoms with Crippen LogP contribution in [0.3, 0.4) is 0 Å². The zero-order valence-corrected chi connectivity index (χ0v) is 12.2. The Bertz CT molecular complexity index is 737. The van der Waals surface area contributed by atoms with Crippen LogP contribution in [0, 0.1) is 0 Å². The van der Waals surface area contributed by atoms with Gasteiger partial charge in [0, 0.05) is 12.4 Å². The van der Waals surface area contributed by atoms with E-state index < -0.39 is 12.1 Å². The number of allylic oxidation sites excluding steroid dienone is 1. The van der Waals surface area contributed by atoms with E-state index in [1.807, 2.05) is 42.2 Å². The van der Waals surface area contributed by atoms with Gasteiger partial charge in [0.2, 0.25) is 5.82 Å². The lowest BCUT2D eigenvalue weighted by atomic mass is 10.1. The molecular weight excluding hydrogens is 309 g/mol. The number of aromatic nitrogens is 2. The quantitative estimate of drug-likeness (QED) is 0.867. The summed E-state index contributed by atoms with van der Waals surface area (Å²) in [6, 6.07) is 9.75. The van der Waals surface area contributed by atoms with Crippen molar-refractivity contribution in [3.8, 4) is 0 Å². The highest BCUT2D eigenvalue weighted by molar-refractivity contribution is 6.08. The first-order chi connectivity index (χ1) is 10.9. The number of nitrogens with zero attached hydrogens (tertiary/aromatic N) is 4. The first kappa shape index (κ1) is 15.3. The molecule has 0 fully saturated rings. The maximum Gasteiger partial charge on any atom is 0.471 e. The number of hydrogen-bond acceptors (Lipinski definition) is 5. The molecule has 2 heterocycles. The minimum absolute atomic E-state index is 0.0117. The zero-order chi connectivity index (χ0) is 16.4. The Balaban J connectivity index is 1.84. The number of benzene rings is 1. The van der Waals surface area contributed by atoms with Gasteiger partial charge in [-0.25, -0.2) is 0 Å². The molecule has 120 valence electrons. The SMILES string of the molecule is CC(c1ccccc1)N1C=C(c2noc(C(F)(F)F)n2)C=NC1. The van der Waals surface area contributed by atoms with Crippen LogP contribution in [0.2, 0.25) is 0 Å². The van der Waals surface area contributed by atoms with Crippen molar-refractivity contribution in [3.63, 3.8) is 0 Å². The molecule has 1 unspecified atom stereocenters. The van der Waals surface area contributed by atoms with Gasteiger partial charge < -0.3 is 9.42 Å². The van der Waals surface area contributed by atoms with E-state index in [1.54, 1.807) is 6.20 Å². The molecule has 0 bridgehead atoms. The molecule has 0 radical (unpaired) electrons. The molecule has 2 aromatic rings. The standard InChI is InChI=1S/C15H13F3N4O/c1-10(11-5-3-2-4-6-11)22-8-12(7-19-9-22)13-20-14(23-21-13)15(16,17)18/h2-8,10H,9H2,1H3. The molecule has 8 heteroatoms. The van der Waals surface area contributed by atoms with Gasteiger partial charge in [0.1, 0.15) is 6.67 Å². The number of rotatable bonds is 3. The van der Waals surface area contributed by atoms with Crippen molar-refractivity contribution < 1.29 is 17.7 Å². The smallest absolute Gasteiger partial charge is 0.351 e. The van der Waals surface area contributed by atoms with Crippen LogP contribution in [0.25, 0.3) is 5.57 Å². The van der Waals surface area contributed by atoms with E-state index in [4.69, 9.17) is 0 Å². The van der Waals surface area contributed by atoms with Crippen molar-refractivity contribution in [2.45, 2.75) is 19.1 Å². The van der Waals surface area contributed by atoms with E-state index in [2.05, 4.69) is 19.7 Å². The first-order valence-corrected chi connectivity index (χ1v) is 6.89. The number of alkyl halides is 3. The maximum atomic E-state index is 12.5. The Labute approximate surface area is 130 Å². The molecule has 0 amide bonds. The molecule has 0 spiro atoms. The Hall–Kier alpha value is -2.64. The zero-order valence-electron chi connectivity index (χ0n) is 12.2. The molecule has 1 aliphatic rings. The minimum Gasteiger partial charge on any atom is -0.351 e. The highest BCUT2D eigenvalue weighted by Crippen LogP contribution is 2.29. The van der Waals surface area contributed by atoms with Gasteiger partial charge in [0.25, 0.3) is 0 Å². The fraction of sp³-hybridized carbons (Fsp3) is 0.267. The summed E-state index contributed by atoms with van der Waals surface area (Å²) in [5.41, 5.74) is 1.45. The summed E-state index contributed by atoms with van der Waals surface area (Å²) in [4.78, 5) is 9.44. The van der Waals surface area contributed by atoms with Crippen LogP contribution in [0.5, 0.6) is 0 Å². The van der Waals surface area contributed by atoms with E-state index in [0.717, 1.165) is 5.56 Å². The normalized spacial score (nSPS) is 16.3. The Morgan fingerprint density at radius 3 is 2.61 bits per heavy atom. The summed E-state index contributed by atoms with van der Waals surface area (Å²) >= 11 is 0. The summed E-state index contributed by atoms with van der Waals surface area (Å²) in [6.45, 7) is 2.39. The van der Waals surface area contributed by atoms with E-state index in [0.29, 0.717) is 12.2 Å². The Morgan fingerprint density at radius 1 is 1.22 bits per heavy atom. The molecule has 3 rings (SSSR count). The largest absolute Gasteiger partial charge is 0.471 e. The molecule has 0 N–H and O–H groups in total. The average Bonchev–Trinajstić information content (AvgIpc) is 3.05. The molecule has 1 aromatic carbocycles. The summed E-state index contributed by atoms with van der Waals surface area (Å²) in [7, 11) is 0. The molecule has 0 saturated carbocycles. The Kier molecular flexibility index (Phi) is 3.89. The van der Waals surface area contributed by atoms with Gasteiger partial charge in [-0.3, -0.25) is 4.99 Å². The van der Waals surface area contributed by atoms with Crippen LogP contribution < -0.4 is 0 Å². The van der Waals surface area contributed by atoms with Gasteiger partial charge >= 0.3 is 12.1 Å². The maximum absolute atomic E-state index is 12.5. The number of aliphatic imine (C=N–C) groups is 1. The lowest BCUT2D eigenvalue weighted by Gasteiger charge is -2.28. The summed E-state index contributed by atoms with van der Waals surface area (Å²) in [6.07, 6.45) is -1.52. The van der Waals surface area contributed by atoms with Crippen molar-refractivity contribution in [3.05, 3.63) is 53.8 Å².